The summed E-state index contributed by atoms with van der Waals surface area (Å²) < 4.78 is 28.6. The van der Waals surface area contributed by atoms with Gasteiger partial charge in [0, 0.05) is 19.5 Å². The van der Waals surface area contributed by atoms with Crippen LogP contribution in [0.4, 0.5) is 5.82 Å². The quantitative estimate of drug-likeness (QED) is 0.631. The van der Waals surface area contributed by atoms with Crippen molar-refractivity contribution >= 4 is 21.5 Å². The smallest absolute Gasteiger partial charge is 0.240 e. The fraction of sp³-hybridized carbons (Fsp3) is 0.312. The maximum absolute atomic E-state index is 12.2. The summed E-state index contributed by atoms with van der Waals surface area (Å²) in [5.41, 5.74) is 0.628. The van der Waals surface area contributed by atoms with Gasteiger partial charge in [-0.05, 0) is 30.7 Å². The molecule has 8 nitrogen and oxygen atoms in total. The molecule has 0 fully saturated rings. The average molecular weight is 360 g/mol. The van der Waals surface area contributed by atoms with Gasteiger partial charge in [0.15, 0.2) is 11.5 Å². The molecule has 3 aromatic rings. The molecule has 0 atom stereocenters. The largest absolute Gasteiger partial charge is 0.369 e. The van der Waals surface area contributed by atoms with Crippen LogP contribution in [0.15, 0.2) is 47.4 Å². The summed E-state index contributed by atoms with van der Waals surface area (Å²) in [6, 6.07) is 11.9. The molecule has 1 aromatic carbocycles. The molecule has 0 saturated heterocycles. The van der Waals surface area contributed by atoms with Crippen molar-refractivity contribution in [1.29, 1.82) is 0 Å². The van der Waals surface area contributed by atoms with E-state index < -0.39 is 10.0 Å². The molecule has 0 aliphatic carbocycles. The van der Waals surface area contributed by atoms with E-state index >= 15 is 0 Å². The molecule has 0 aliphatic heterocycles. The van der Waals surface area contributed by atoms with Gasteiger partial charge in [-0.15, -0.1) is 15.3 Å². The summed E-state index contributed by atoms with van der Waals surface area (Å²) in [5.74, 6) is 1.34. The van der Waals surface area contributed by atoms with Gasteiger partial charge in [0.25, 0.3) is 0 Å². The Balaban J connectivity index is 1.69. The lowest BCUT2D eigenvalue weighted by molar-refractivity contribution is 0.580. The number of aromatic nitrogens is 4. The Kier molecular flexibility index (Phi) is 5.25. The Morgan fingerprint density at radius 3 is 2.60 bits per heavy atom. The molecule has 0 unspecified atom stereocenters. The SMILES string of the molecule is CCCNc1ccc2nnc(CCNS(=O)(=O)c3ccccc3)n2n1. The molecule has 0 bridgehead atoms. The number of nitrogens with one attached hydrogen (secondary N) is 2. The van der Waals surface area contributed by atoms with E-state index in [-0.39, 0.29) is 11.4 Å². The Morgan fingerprint density at radius 1 is 1.04 bits per heavy atom. The highest BCUT2D eigenvalue weighted by atomic mass is 32.2. The van der Waals surface area contributed by atoms with Crippen molar-refractivity contribution in [3.63, 3.8) is 0 Å². The van der Waals surface area contributed by atoms with Crippen LogP contribution < -0.4 is 10.0 Å². The highest BCUT2D eigenvalue weighted by molar-refractivity contribution is 7.89. The Morgan fingerprint density at radius 2 is 1.84 bits per heavy atom. The Hall–Kier alpha value is -2.52. The van der Waals surface area contributed by atoms with Crippen LogP contribution in [-0.4, -0.2) is 41.3 Å². The Bertz CT molecular complexity index is 940. The second-order valence-electron chi connectivity index (χ2n) is 5.49. The van der Waals surface area contributed by atoms with E-state index in [0.29, 0.717) is 17.9 Å². The minimum Gasteiger partial charge on any atom is -0.369 e. The van der Waals surface area contributed by atoms with E-state index in [4.69, 9.17) is 0 Å². The molecule has 9 heteroatoms. The van der Waals surface area contributed by atoms with Crippen LogP contribution in [0.1, 0.15) is 19.2 Å². The van der Waals surface area contributed by atoms with Crippen molar-refractivity contribution < 1.29 is 8.42 Å². The van der Waals surface area contributed by atoms with Gasteiger partial charge in [-0.25, -0.2) is 13.1 Å². The highest BCUT2D eigenvalue weighted by Crippen LogP contribution is 2.09. The zero-order valence-electron chi connectivity index (χ0n) is 13.9. The van der Waals surface area contributed by atoms with Crippen molar-refractivity contribution in [3.8, 4) is 0 Å². The number of hydrogen-bond acceptors (Lipinski definition) is 6. The van der Waals surface area contributed by atoms with Crippen molar-refractivity contribution in [2.45, 2.75) is 24.7 Å². The lowest BCUT2D eigenvalue weighted by Crippen LogP contribution is -2.26. The number of anilines is 1. The molecule has 0 spiro atoms. The summed E-state index contributed by atoms with van der Waals surface area (Å²) in [6.45, 7) is 3.12. The molecule has 132 valence electrons. The van der Waals surface area contributed by atoms with Crippen LogP contribution in [0.3, 0.4) is 0 Å². The van der Waals surface area contributed by atoms with Gasteiger partial charge in [-0.3, -0.25) is 0 Å². The number of benzene rings is 1. The highest BCUT2D eigenvalue weighted by Gasteiger charge is 2.14. The molecule has 2 N–H and O–H groups in total. The van der Waals surface area contributed by atoms with Crippen molar-refractivity contribution in [1.82, 2.24) is 24.5 Å². The molecule has 0 saturated carbocycles. The van der Waals surface area contributed by atoms with Crippen LogP contribution in [-0.2, 0) is 16.4 Å². The van der Waals surface area contributed by atoms with E-state index in [1.165, 1.54) is 0 Å². The lowest BCUT2D eigenvalue weighted by atomic mass is 10.4. The number of fused-ring (bicyclic) bond motifs is 1. The number of rotatable bonds is 8. The van der Waals surface area contributed by atoms with Crippen molar-refractivity contribution in [3.05, 3.63) is 48.3 Å². The monoisotopic (exact) mass is 360 g/mol. The minimum absolute atomic E-state index is 0.215. The van der Waals surface area contributed by atoms with Gasteiger partial charge in [0.05, 0.1) is 4.90 Å². The first kappa shape index (κ1) is 17.3. The maximum atomic E-state index is 12.2. The molecular formula is C16H20N6O2S. The van der Waals surface area contributed by atoms with Crippen LogP contribution in [0.5, 0.6) is 0 Å². The van der Waals surface area contributed by atoms with Crippen LogP contribution in [0.25, 0.3) is 5.65 Å². The van der Waals surface area contributed by atoms with Crippen LogP contribution >= 0.6 is 0 Å². The summed E-state index contributed by atoms with van der Waals surface area (Å²) in [6.07, 6.45) is 1.38. The van der Waals surface area contributed by atoms with E-state index in [9.17, 15) is 8.42 Å². The van der Waals surface area contributed by atoms with Gasteiger partial charge in [0.1, 0.15) is 5.82 Å². The third-order valence-corrected chi connectivity index (χ3v) is 5.05. The van der Waals surface area contributed by atoms with E-state index in [1.54, 1.807) is 34.8 Å². The molecule has 2 heterocycles. The Labute approximate surface area is 146 Å². The van der Waals surface area contributed by atoms with Gasteiger partial charge in [-0.1, -0.05) is 25.1 Å². The molecule has 0 amide bonds. The second-order valence-corrected chi connectivity index (χ2v) is 7.26. The van der Waals surface area contributed by atoms with E-state index in [1.807, 2.05) is 12.1 Å². The van der Waals surface area contributed by atoms with Crippen LogP contribution in [0.2, 0.25) is 0 Å². The zero-order chi connectivity index (χ0) is 17.7. The zero-order valence-corrected chi connectivity index (χ0v) is 14.7. The lowest BCUT2D eigenvalue weighted by Gasteiger charge is -2.07. The average Bonchev–Trinajstić information content (AvgIpc) is 3.03. The molecule has 0 aliphatic rings. The molecular weight excluding hydrogens is 340 g/mol. The van der Waals surface area contributed by atoms with Crippen molar-refractivity contribution in [2.75, 3.05) is 18.4 Å². The maximum Gasteiger partial charge on any atom is 0.240 e. The normalized spacial score (nSPS) is 11.7. The third-order valence-electron chi connectivity index (χ3n) is 3.58. The molecule has 0 radical (unpaired) electrons. The number of sulfonamides is 1. The first-order chi connectivity index (χ1) is 12.1. The first-order valence-corrected chi connectivity index (χ1v) is 9.58. The predicted molar refractivity (Wildman–Crippen MR) is 94.9 cm³/mol. The van der Waals surface area contributed by atoms with Gasteiger partial charge >= 0.3 is 0 Å². The summed E-state index contributed by atoms with van der Waals surface area (Å²) >= 11 is 0. The third kappa shape index (κ3) is 4.12. The van der Waals surface area contributed by atoms with E-state index in [0.717, 1.165) is 18.8 Å². The first-order valence-electron chi connectivity index (χ1n) is 8.10. The topological polar surface area (TPSA) is 101 Å². The molecule has 2 aromatic heterocycles. The second kappa shape index (κ2) is 7.58. The van der Waals surface area contributed by atoms with Crippen molar-refractivity contribution in [2.24, 2.45) is 0 Å². The fourth-order valence-corrected chi connectivity index (χ4v) is 3.37. The number of hydrogen-bond donors (Lipinski definition) is 2. The van der Waals surface area contributed by atoms with Gasteiger partial charge in [0.2, 0.25) is 10.0 Å². The van der Waals surface area contributed by atoms with Crippen LogP contribution in [0, 0.1) is 0 Å². The van der Waals surface area contributed by atoms with Gasteiger partial charge < -0.3 is 5.32 Å². The molecule has 25 heavy (non-hydrogen) atoms. The standard InChI is InChI=1S/C16H20N6O2S/c1-2-11-17-14-8-9-15-19-20-16(22(15)21-14)10-12-18-25(23,24)13-6-4-3-5-7-13/h3-9,18H,2,10-12H2,1H3,(H,17,21). The number of nitrogens with zero attached hydrogens (tertiary/aromatic N) is 4. The summed E-state index contributed by atoms with van der Waals surface area (Å²) in [5, 5.41) is 15.8. The summed E-state index contributed by atoms with van der Waals surface area (Å²) in [4.78, 5) is 0.241. The predicted octanol–water partition coefficient (Wildman–Crippen LogP) is 1.47. The molecule has 3 rings (SSSR count). The minimum atomic E-state index is -3.53. The van der Waals surface area contributed by atoms with Gasteiger partial charge in [-0.2, -0.15) is 4.52 Å². The van der Waals surface area contributed by atoms with E-state index in [2.05, 4.69) is 32.3 Å². The fourth-order valence-electron chi connectivity index (χ4n) is 2.32. The summed E-state index contributed by atoms with van der Waals surface area (Å²) in [7, 11) is -3.53.